The smallest absolute Gasteiger partial charge is 0.273 e. The third-order valence-electron chi connectivity index (χ3n) is 3.85. The van der Waals surface area contributed by atoms with E-state index in [0.29, 0.717) is 12.3 Å². The quantitative estimate of drug-likeness (QED) is 0.726. The number of hydrogen-bond acceptors (Lipinski definition) is 5. The summed E-state index contributed by atoms with van der Waals surface area (Å²) in [7, 11) is 2.11. The van der Waals surface area contributed by atoms with Gasteiger partial charge in [0.1, 0.15) is 6.61 Å². The van der Waals surface area contributed by atoms with Crippen LogP contribution < -0.4 is 5.32 Å². The molecular weight excluding hydrogens is 270 g/mol. The molecule has 0 aliphatic carbocycles. The van der Waals surface area contributed by atoms with Crippen LogP contribution in [0.15, 0.2) is 10.6 Å². The van der Waals surface area contributed by atoms with Crippen molar-refractivity contribution in [2.45, 2.75) is 52.2 Å². The molecule has 0 saturated carbocycles. The fraction of sp³-hybridized carbons (Fsp3) is 0.733. The first-order chi connectivity index (χ1) is 9.90. The molecule has 0 unspecified atom stereocenters. The number of aliphatic hydroxyl groups excluding tert-OH is 1. The van der Waals surface area contributed by atoms with Crippen LogP contribution in [0.25, 0.3) is 0 Å². The number of nitrogens with zero attached hydrogens (tertiary/aromatic N) is 2. The second-order valence-corrected chi connectivity index (χ2v) is 5.93. The lowest BCUT2D eigenvalue weighted by Crippen LogP contribution is -2.44. The number of rotatable bonds is 9. The van der Waals surface area contributed by atoms with Crippen molar-refractivity contribution in [3.05, 3.63) is 17.5 Å². The molecule has 6 heteroatoms. The van der Waals surface area contributed by atoms with Gasteiger partial charge in [-0.1, -0.05) is 18.5 Å². The van der Waals surface area contributed by atoms with Crippen LogP contribution in [-0.4, -0.2) is 46.7 Å². The molecule has 0 saturated heterocycles. The first-order valence-corrected chi connectivity index (χ1v) is 7.46. The Morgan fingerprint density at radius 1 is 1.52 bits per heavy atom. The van der Waals surface area contributed by atoms with Crippen LogP contribution in [0, 0.1) is 0 Å². The van der Waals surface area contributed by atoms with E-state index in [4.69, 9.17) is 9.63 Å². The molecule has 1 aromatic rings. The lowest BCUT2D eigenvalue weighted by Gasteiger charge is -2.35. The molecule has 6 nitrogen and oxygen atoms in total. The van der Waals surface area contributed by atoms with Crippen molar-refractivity contribution in [3.63, 3.8) is 0 Å². The standard InChI is InChI=1S/C15H27N3O3/c1-5-6-9-18(4)15(2,3)7-8-16-14(20)13-10-12(11-19)21-17-13/h10,19H,5-9,11H2,1-4H3,(H,16,20). The summed E-state index contributed by atoms with van der Waals surface area (Å²) in [6.45, 7) is 7.91. The third-order valence-corrected chi connectivity index (χ3v) is 3.85. The summed E-state index contributed by atoms with van der Waals surface area (Å²) in [5.41, 5.74) is 0.235. The Hall–Kier alpha value is -1.40. The summed E-state index contributed by atoms with van der Waals surface area (Å²) < 4.78 is 4.80. The minimum absolute atomic E-state index is 0.0303. The molecule has 0 aliphatic heterocycles. The first-order valence-electron chi connectivity index (χ1n) is 7.46. The Bertz CT molecular complexity index is 443. The van der Waals surface area contributed by atoms with Gasteiger partial charge in [-0.2, -0.15) is 0 Å². The monoisotopic (exact) mass is 297 g/mol. The van der Waals surface area contributed by atoms with E-state index in [1.165, 1.54) is 18.9 Å². The molecular formula is C15H27N3O3. The van der Waals surface area contributed by atoms with Crippen LogP contribution in [0.5, 0.6) is 0 Å². The third kappa shape index (κ3) is 5.47. The fourth-order valence-electron chi connectivity index (χ4n) is 1.96. The summed E-state index contributed by atoms with van der Waals surface area (Å²) in [5, 5.41) is 15.3. The molecule has 0 aliphatic rings. The van der Waals surface area contributed by atoms with Crippen molar-refractivity contribution in [2.24, 2.45) is 0 Å². The Kier molecular flexibility index (Phi) is 6.84. The van der Waals surface area contributed by atoms with Crippen LogP contribution in [0.3, 0.4) is 0 Å². The van der Waals surface area contributed by atoms with Crippen molar-refractivity contribution >= 4 is 5.91 Å². The highest BCUT2D eigenvalue weighted by atomic mass is 16.5. The van der Waals surface area contributed by atoms with E-state index in [1.807, 2.05) is 0 Å². The molecule has 1 amide bonds. The zero-order valence-electron chi connectivity index (χ0n) is 13.5. The van der Waals surface area contributed by atoms with Crippen LogP contribution >= 0.6 is 0 Å². The van der Waals surface area contributed by atoms with Gasteiger partial charge in [-0.05, 0) is 40.3 Å². The van der Waals surface area contributed by atoms with E-state index in [9.17, 15) is 4.79 Å². The van der Waals surface area contributed by atoms with E-state index >= 15 is 0 Å². The second kappa shape index (κ2) is 8.14. The predicted octanol–water partition coefficient (Wildman–Crippen LogP) is 1.80. The molecule has 1 aromatic heterocycles. The predicted molar refractivity (Wildman–Crippen MR) is 81.0 cm³/mol. The molecule has 1 rings (SSSR count). The Morgan fingerprint density at radius 3 is 2.81 bits per heavy atom. The van der Waals surface area contributed by atoms with Crippen LogP contribution in [-0.2, 0) is 6.61 Å². The lowest BCUT2D eigenvalue weighted by atomic mass is 9.98. The van der Waals surface area contributed by atoms with Crippen LogP contribution in [0.2, 0.25) is 0 Å². The minimum atomic E-state index is -0.273. The van der Waals surface area contributed by atoms with Crippen molar-refractivity contribution in [2.75, 3.05) is 20.1 Å². The van der Waals surface area contributed by atoms with Crippen LogP contribution in [0.1, 0.15) is 56.3 Å². The summed E-state index contributed by atoms with van der Waals surface area (Å²) >= 11 is 0. The van der Waals surface area contributed by atoms with Gasteiger partial charge in [0.15, 0.2) is 11.5 Å². The Balaban J connectivity index is 2.39. The molecule has 0 fully saturated rings. The molecule has 0 bridgehead atoms. The normalized spacial score (nSPS) is 11.9. The van der Waals surface area contributed by atoms with Crippen molar-refractivity contribution in [1.82, 2.24) is 15.4 Å². The maximum atomic E-state index is 11.9. The summed E-state index contributed by atoms with van der Waals surface area (Å²) in [5.74, 6) is 0.0187. The number of amides is 1. The summed E-state index contributed by atoms with van der Waals surface area (Å²) in [6.07, 6.45) is 3.20. The number of nitrogens with one attached hydrogen (secondary N) is 1. The molecule has 0 spiro atoms. The van der Waals surface area contributed by atoms with Gasteiger partial charge >= 0.3 is 0 Å². The maximum Gasteiger partial charge on any atom is 0.273 e. The topological polar surface area (TPSA) is 78.6 Å². The number of aromatic nitrogens is 1. The number of aliphatic hydroxyl groups is 1. The molecule has 2 N–H and O–H groups in total. The van der Waals surface area contributed by atoms with E-state index in [0.717, 1.165) is 13.0 Å². The number of unbranched alkanes of at least 4 members (excludes halogenated alkanes) is 1. The van der Waals surface area contributed by atoms with Gasteiger partial charge in [-0.3, -0.25) is 4.79 Å². The minimum Gasteiger partial charge on any atom is -0.388 e. The highest BCUT2D eigenvalue weighted by molar-refractivity contribution is 5.92. The number of carbonyl (C=O) groups is 1. The van der Waals surface area contributed by atoms with Gasteiger partial charge in [0.2, 0.25) is 0 Å². The van der Waals surface area contributed by atoms with Gasteiger partial charge < -0.3 is 19.8 Å². The van der Waals surface area contributed by atoms with E-state index < -0.39 is 0 Å². The molecule has 0 aromatic carbocycles. The number of carbonyl (C=O) groups excluding carboxylic acids is 1. The largest absolute Gasteiger partial charge is 0.388 e. The van der Waals surface area contributed by atoms with Crippen molar-refractivity contribution in [3.8, 4) is 0 Å². The van der Waals surface area contributed by atoms with Gasteiger partial charge in [0.05, 0.1) is 0 Å². The van der Waals surface area contributed by atoms with E-state index in [2.05, 4.69) is 43.2 Å². The van der Waals surface area contributed by atoms with Gasteiger partial charge in [-0.15, -0.1) is 0 Å². The van der Waals surface area contributed by atoms with Gasteiger partial charge in [0.25, 0.3) is 5.91 Å². The molecule has 120 valence electrons. The van der Waals surface area contributed by atoms with Gasteiger partial charge in [-0.25, -0.2) is 0 Å². The average Bonchev–Trinajstić information content (AvgIpc) is 2.93. The zero-order valence-corrected chi connectivity index (χ0v) is 13.5. The SMILES string of the molecule is CCCCN(C)C(C)(C)CCNC(=O)c1cc(CO)on1. The van der Waals surface area contributed by atoms with Crippen LogP contribution in [0.4, 0.5) is 0 Å². The van der Waals surface area contributed by atoms with Crippen molar-refractivity contribution < 1.29 is 14.4 Å². The second-order valence-electron chi connectivity index (χ2n) is 5.93. The summed E-state index contributed by atoms with van der Waals surface area (Å²) in [6, 6.07) is 1.45. The average molecular weight is 297 g/mol. The number of hydrogen-bond donors (Lipinski definition) is 2. The van der Waals surface area contributed by atoms with E-state index in [1.54, 1.807) is 0 Å². The fourth-order valence-corrected chi connectivity index (χ4v) is 1.96. The maximum absolute atomic E-state index is 11.9. The first kappa shape index (κ1) is 17.7. The molecule has 0 radical (unpaired) electrons. The highest BCUT2D eigenvalue weighted by Gasteiger charge is 2.23. The lowest BCUT2D eigenvalue weighted by molar-refractivity contribution is 0.0927. The Morgan fingerprint density at radius 2 is 2.24 bits per heavy atom. The highest BCUT2D eigenvalue weighted by Crippen LogP contribution is 2.17. The van der Waals surface area contributed by atoms with E-state index in [-0.39, 0.29) is 23.7 Å². The Labute approximate surface area is 126 Å². The van der Waals surface area contributed by atoms with Gasteiger partial charge in [0, 0.05) is 18.2 Å². The van der Waals surface area contributed by atoms with Crippen molar-refractivity contribution in [1.29, 1.82) is 0 Å². The summed E-state index contributed by atoms with van der Waals surface area (Å²) in [4.78, 5) is 14.2. The molecule has 21 heavy (non-hydrogen) atoms. The zero-order chi connectivity index (χ0) is 15.9. The molecule has 0 atom stereocenters. The molecule has 1 heterocycles.